The molecule has 12 heteroatoms. The molecule has 0 aliphatic carbocycles. The number of guanidine groups is 1. The minimum atomic E-state index is -0.912. The zero-order valence-corrected chi connectivity index (χ0v) is 24.9. The molecule has 222 valence electrons. The molecular formula is C31H33BrN8O3. The summed E-state index contributed by atoms with van der Waals surface area (Å²) in [5.74, 6) is -1.27. The van der Waals surface area contributed by atoms with Gasteiger partial charge in [-0.1, -0.05) is 70.5 Å². The third-order valence-corrected chi connectivity index (χ3v) is 7.10. The lowest BCUT2D eigenvalue weighted by Gasteiger charge is -2.17. The number of para-hydroxylation sites is 1. The Morgan fingerprint density at radius 2 is 1.67 bits per heavy atom. The molecule has 0 unspecified atom stereocenters. The zero-order valence-electron chi connectivity index (χ0n) is 23.3. The molecule has 0 spiro atoms. The Labute approximate surface area is 257 Å². The second-order valence-corrected chi connectivity index (χ2v) is 10.3. The summed E-state index contributed by atoms with van der Waals surface area (Å²) in [6.45, 7) is 0.722. The molecule has 3 aromatic carbocycles. The Morgan fingerprint density at radius 1 is 0.930 bits per heavy atom. The number of alkyl halides is 1. The van der Waals surface area contributed by atoms with Crippen molar-refractivity contribution in [1.29, 1.82) is 0 Å². The second-order valence-electron chi connectivity index (χ2n) is 9.73. The van der Waals surface area contributed by atoms with Crippen LogP contribution in [0.2, 0.25) is 0 Å². The van der Waals surface area contributed by atoms with Crippen molar-refractivity contribution in [2.45, 2.75) is 25.4 Å². The summed E-state index contributed by atoms with van der Waals surface area (Å²) in [4.78, 5) is 46.0. The van der Waals surface area contributed by atoms with Crippen LogP contribution in [0, 0.1) is 0 Å². The molecule has 0 aliphatic heterocycles. The van der Waals surface area contributed by atoms with Gasteiger partial charge in [-0.2, -0.15) is 0 Å². The number of fused-ring (bicyclic) bond motifs is 1. The first-order valence-corrected chi connectivity index (χ1v) is 14.7. The molecule has 0 aliphatic rings. The predicted molar refractivity (Wildman–Crippen MR) is 173 cm³/mol. The lowest BCUT2D eigenvalue weighted by Crippen LogP contribution is -2.44. The molecule has 43 heavy (non-hydrogen) atoms. The lowest BCUT2D eigenvalue weighted by atomic mass is 10.0. The molecule has 0 saturated carbocycles. The van der Waals surface area contributed by atoms with E-state index in [1.807, 2.05) is 66.7 Å². The third-order valence-electron chi connectivity index (χ3n) is 6.59. The average Bonchev–Trinajstić information content (AvgIpc) is 3.01. The quantitative estimate of drug-likeness (QED) is 0.0556. The summed E-state index contributed by atoms with van der Waals surface area (Å²) >= 11 is 3.14. The van der Waals surface area contributed by atoms with Gasteiger partial charge in [0, 0.05) is 29.7 Å². The lowest BCUT2D eigenvalue weighted by molar-refractivity contribution is -0.120. The van der Waals surface area contributed by atoms with Crippen LogP contribution in [-0.2, 0) is 16.1 Å². The number of aromatic nitrogens is 1. The van der Waals surface area contributed by atoms with E-state index in [2.05, 4.69) is 36.9 Å². The smallest absolute Gasteiger partial charge is 0.254 e. The Bertz CT molecular complexity index is 1620. The average molecular weight is 646 g/mol. The molecule has 11 nitrogen and oxygen atoms in total. The van der Waals surface area contributed by atoms with E-state index in [1.165, 1.54) is 0 Å². The van der Waals surface area contributed by atoms with Gasteiger partial charge in [0.05, 0.1) is 27.8 Å². The van der Waals surface area contributed by atoms with E-state index >= 15 is 0 Å². The molecule has 1 atom stereocenters. The predicted octanol–water partition coefficient (Wildman–Crippen LogP) is 3.29. The van der Waals surface area contributed by atoms with Crippen LogP contribution < -0.4 is 33.2 Å². The Kier molecular flexibility index (Phi) is 10.6. The molecular weight excluding hydrogens is 612 g/mol. The number of nitrogens with zero attached hydrogens (tertiary/aromatic N) is 2. The summed E-state index contributed by atoms with van der Waals surface area (Å²) in [6, 6.07) is 23.6. The van der Waals surface area contributed by atoms with Crippen LogP contribution in [-0.4, -0.2) is 46.6 Å². The van der Waals surface area contributed by atoms with Crippen molar-refractivity contribution < 1.29 is 14.4 Å². The fourth-order valence-corrected chi connectivity index (χ4v) is 4.62. The van der Waals surface area contributed by atoms with Crippen molar-refractivity contribution in [2.24, 2.45) is 22.2 Å². The fourth-order valence-electron chi connectivity index (χ4n) is 4.43. The van der Waals surface area contributed by atoms with Gasteiger partial charge in [-0.15, -0.1) is 0 Å². The van der Waals surface area contributed by atoms with E-state index in [0.29, 0.717) is 41.7 Å². The van der Waals surface area contributed by atoms with E-state index in [9.17, 15) is 14.4 Å². The van der Waals surface area contributed by atoms with Gasteiger partial charge in [-0.05, 0) is 42.7 Å². The first kappa shape index (κ1) is 31.0. The number of nitrogens with one attached hydrogen (secondary N) is 3. The fraction of sp³-hybridized carbons (Fsp3) is 0.194. The van der Waals surface area contributed by atoms with Gasteiger partial charge in [0.1, 0.15) is 6.04 Å². The van der Waals surface area contributed by atoms with Gasteiger partial charge in [-0.25, -0.2) is 4.98 Å². The number of benzene rings is 3. The second kappa shape index (κ2) is 14.8. The van der Waals surface area contributed by atoms with Crippen molar-refractivity contribution in [1.82, 2.24) is 15.6 Å². The molecule has 9 N–H and O–H groups in total. The summed E-state index contributed by atoms with van der Waals surface area (Å²) in [6.07, 6.45) is 0.724. The highest BCUT2D eigenvalue weighted by atomic mass is 79.9. The highest BCUT2D eigenvalue weighted by Crippen LogP contribution is 2.32. The van der Waals surface area contributed by atoms with Crippen LogP contribution in [0.3, 0.4) is 0 Å². The minimum Gasteiger partial charge on any atom is -0.370 e. The van der Waals surface area contributed by atoms with E-state index in [1.54, 1.807) is 12.1 Å². The number of halogens is 1. The number of pyridine rings is 1. The molecule has 1 heterocycles. The Hall–Kier alpha value is -4.97. The van der Waals surface area contributed by atoms with Gasteiger partial charge >= 0.3 is 0 Å². The molecule has 1 aromatic heterocycles. The Balaban J connectivity index is 1.67. The summed E-state index contributed by atoms with van der Waals surface area (Å²) < 4.78 is 0. The van der Waals surface area contributed by atoms with Crippen LogP contribution in [0.5, 0.6) is 0 Å². The monoisotopic (exact) mass is 644 g/mol. The van der Waals surface area contributed by atoms with E-state index in [4.69, 9.17) is 22.2 Å². The number of hydrogen-bond acceptors (Lipinski definition) is 6. The minimum absolute atomic E-state index is 0.0464. The number of rotatable bonds is 13. The number of aliphatic imine (C=N–C) groups is 1. The molecule has 0 bridgehead atoms. The zero-order chi connectivity index (χ0) is 30.8. The summed E-state index contributed by atoms with van der Waals surface area (Å²) in [7, 11) is 0. The number of carbonyl (C=O) groups excluding carboxylic acids is 3. The topological polar surface area (TPSA) is 191 Å². The van der Waals surface area contributed by atoms with Gasteiger partial charge in [0.25, 0.3) is 5.91 Å². The number of anilines is 2. The van der Waals surface area contributed by atoms with Crippen molar-refractivity contribution in [3.63, 3.8) is 0 Å². The van der Waals surface area contributed by atoms with Crippen LogP contribution >= 0.6 is 15.9 Å². The SMILES string of the molecule is NC(=O)[C@H](CCCN=C(N)N)NC(=O)c1cccc2c(Nc3ccc(CNC(=O)CBr)cc3)cc(-c3ccccc3)nc12. The van der Waals surface area contributed by atoms with Crippen molar-refractivity contribution >= 4 is 61.9 Å². The normalized spacial score (nSPS) is 11.4. The maximum absolute atomic E-state index is 13.5. The third kappa shape index (κ3) is 8.52. The van der Waals surface area contributed by atoms with E-state index in [0.717, 1.165) is 22.5 Å². The molecule has 3 amide bonds. The maximum Gasteiger partial charge on any atom is 0.254 e. The first-order chi connectivity index (χ1) is 20.7. The summed E-state index contributed by atoms with van der Waals surface area (Å²) in [5, 5.41) is 9.99. The van der Waals surface area contributed by atoms with Gasteiger partial charge < -0.3 is 33.2 Å². The molecule has 0 radical (unpaired) electrons. The number of primary amides is 1. The van der Waals surface area contributed by atoms with E-state index < -0.39 is 17.9 Å². The molecule has 0 saturated heterocycles. The van der Waals surface area contributed by atoms with Crippen LogP contribution in [0.4, 0.5) is 11.4 Å². The molecule has 4 rings (SSSR count). The Morgan fingerprint density at radius 3 is 2.35 bits per heavy atom. The number of hydrogen-bond donors (Lipinski definition) is 6. The highest BCUT2D eigenvalue weighted by molar-refractivity contribution is 9.09. The van der Waals surface area contributed by atoms with Crippen molar-refractivity contribution in [3.05, 3.63) is 90.0 Å². The van der Waals surface area contributed by atoms with Crippen LogP contribution in [0.1, 0.15) is 28.8 Å². The maximum atomic E-state index is 13.5. The van der Waals surface area contributed by atoms with E-state index in [-0.39, 0.29) is 23.6 Å². The van der Waals surface area contributed by atoms with Crippen molar-refractivity contribution in [2.75, 3.05) is 17.2 Å². The molecule has 4 aromatic rings. The van der Waals surface area contributed by atoms with Gasteiger partial charge in [0.15, 0.2) is 5.96 Å². The van der Waals surface area contributed by atoms with Crippen molar-refractivity contribution in [3.8, 4) is 11.3 Å². The number of nitrogens with two attached hydrogens (primary N) is 3. The van der Waals surface area contributed by atoms with Crippen LogP contribution in [0.25, 0.3) is 22.2 Å². The van der Waals surface area contributed by atoms with Gasteiger partial charge in [0.2, 0.25) is 11.8 Å². The number of carbonyl (C=O) groups is 3. The largest absolute Gasteiger partial charge is 0.370 e. The molecule has 0 fully saturated rings. The first-order valence-electron chi connectivity index (χ1n) is 13.6. The number of amides is 3. The summed E-state index contributed by atoms with van der Waals surface area (Å²) in [5.41, 5.74) is 21.1. The highest BCUT2D eigenvalue weighted by Gasteiger charge is 2.21. The van der Waals surface area contributed by atoms with Gasteiger partial charge in [-0.3, -0.25) is 19.4 Å². The standard InChI is InChI=1S/C31H33BrN8O3/c32-17-27(41)37-18-19-11-13-21(14-12-19)38-26-16-25(20-6-2-1-3-7-20)39-28-22(26)8-4-9-23(28)30(43)40-24(29(33)42)10-5-15-36-31(34)35/h1-4,6-9,11-14,16,24H,5,10,15,17-18H2,(H2,33,42)(H,37,41)(H,38,39)(H,40,43)(H4,34,35,36)/t24-/m0/s1. The van der Waals surface area contributed by atoms with Crippen LogP contribution in [0.15, 0.2) is 83.9 Å².